The second-order valence-electron chi connectivity index (χ2n) is 7.78. The van der Waals surface area contributed by atoms with Crippen LogP contribution in [0.15, 0.2) is 30.5 Å². The molecule has 2 aliphatic rings. The van der Waals surface area contributed by atoms with Gasteiger partial charge in [-0.3, -0.25) is 4.79 Å². The molecule has 154 valence electrons. The molecule has 2 heterocycles. The van der Waals surface area contributed by atoms with Crippen molar-refractivity contribution >= 4 is 17.4 Å². The lowest BCUT2D eigenvalue weighted by molar-refractivity contribution is 0.0717. The van der Waals surface area contributed by atoms with E-state index in [4.69, 9.17) is 4.74 Å². The van der Waals surface area contributed by atoms with Gasteiger partial charge in [-0.2, -0.15) is 0 Å². The zero-order chi connectivity index (χ0) is 20.2. The molecule has 7 heteroatoms. The van der Waals surface area contributed by atoms with Gasteiger partial charge in [0.1, 0.15) is 6.61 Å². The second-order valence-corrected chi connectivity index (χ2v) is 7.78. The monoisotopic (exact) mass is 396 g/mol. The van der Waals surface area contributed by atoms with Gasteiger partial charge in [0.25, 0.3) is 5.91 Å². The van der Waals surface area contributed by atoms with Gasteiger partial charge in [0.05, 0.1) is 18.7 Å². The van der Waals surface area contributed by atoms with Crippen molar-refractivity contribution in [2.24, 2.45) is 0 Å². The first-order valence-electron chi connectivity index (χ1n) is 10.3. The van der Waals surface area contributed by atoms with Crippen molar-refractivity contribution < 1.29 is 14.6 Å². The second kappa shape index (κ2) is 8.69. The van der Waals surface area contributed by atoms with Crippen LogP contribution in [0.3, 0.4) is 0 Å². The first kappa shape index (κ1) is 19.5. The number of fused-ring (bicyclic) bond motifs is 1. The zero-order valence-electron chi connectivity index (χ0n) is 16.7. The van der Waals surface area contributed by atoms with E-state index in [1.54, 1.807) is 0 Å². The van der Waals surface area contributed by atoms with Crippen molar-refractivity contribution in [1.82, 2.24) is 10.3 Å². The maximum atomic E-state index is 12.7. The lowest BCUT2D eigenvalue weighted by atomic mass is 9.92. The van der Waals surface area contributed by atoms with Crippen LogP contribution in [0.2, 0.25) is 0 Å². The van der Waals surface area contributed by atoms with Crippen LogP contribution in [0.5, 0.6) is 5.75 Å². The summed E-state index contributed by atoms with van der Waals surface area (Å²) in [6.07, 6.45) is 5.00. The van der Waals surface area contributed by atoms with Crippen LogP contribution < -0.4 is 20.7 Å². The zero-order valence-corrected chi connectivity index (χ0v) is 16.7. The third kappa shape index (κ3) is 4.62. The maximum Gasteiger partial charge on any atom is 0.251 e. The van der Waals surface area contributed by atoms with Crippen molar-refractivity contribution in [2.75, 3.05) is 23.8 Å². The Morgan fingerprint density at radius 2 is 2.17 bits per heavy atom. The number of nitrogens with zero attached hydrogens (tertiary/aromatic N) is 1. The van der Waals surface area contributed by atoms with Gasteiger partial charge >= 0.3 is 0 Å². The molecular formula is C22H28N4O3. The molecule has 1 aromatic heterocycles. The molecule has 1 aliphatic heterocycles. The van der Waals surface area contributed by atoms with Gasteiger partial charge in [-0.15, -0.1) is 0 Å². The number of carbonyl (C=O) groups excluding carboxylic acids is 1. The highest BCUT2D eigenvalue weighted by Crippen LogP contribution is 2.26. The summed E-state index contributed by atoms with van der Waals surface area (Å²) in [7, 11) is 0. The number of rotatable bonds is 5. The quantitative estimate of drug-likeness (QED) is 0.621. The average molecular weight is 396 g/mol. The number of hydrogen-bond acceptors (Lipinski definition) is 6. The van der Waals surface area contributed by atoms with E-state index in [0.717, 1.165) is 60.6 Å². The van der Waals surface area contributed by atoms with Crippen LogP contribution in [0.1, 0.15) is 47.2 Å². The molecule has 4 N–H and O–H groups in total. The minimum absolute atomic E-state index is 0.145. The third-order valence-corrected chi connectivity index (χ3v) is 5.59. The fourth-order valence-corrected chi connectivity index (χ4v) is 3.84. The molecular weight excluding hydrogens is 368 g/mol. The number of benzene rings is 1. The molecule has 0 radical (unpaired) electrons. The number of pyridine rings is 1. The number of aliphatic hydroxyl groups excluding tert-OH is 1. The molecule has 2 atom stereocenters. The van der Waals surface area contributed by atoms with E-state index < -0.39 is 6.10 Å². The van der Waals surface area contributed by atoms with Crippen LogP contribution in [0.4, 0.5) is 11.5 Å². The fraction of sp³-hybridized carbons (Fsp3) is 0.455. The number of ether oxygens (including phenoxy) is 1. The molecule has 1 fully saturated rings. The number of hydrogen-bond donors (Lipinski definition) is 4. The molecule has 0 bridgehead atoms. The van der Waals surface area contributed by atoms with Crippen LogP contribution >= 0.6 is 0 Å². The Kier molecular flexibility index (Phi) is 5.85. The molecule has 1 saturated carbocycles. The number of amides is 1. The van der Waals surface area contributed by atoms with Crippen molar-refractivity contribution in [2.45, 2.75) is 51.3 Å². The summed E-state index contributed by atoms with van der Waals surface area (Å²) in [5.74, 6) is 1.40. The molecule has 4 rings (SSSR count). The lowest BCUT2D eigenvalue weighted by Gasteiger charge is -2.28. The highest BCUT2D eigenvalue weighted by atomic mass is 16.5. The number of anilines is 2. The number of aliphatic hydroxyl groups is 1. The molecule has 1 amide bonds. The van der Waals surface area contributed by atoms with Crippen LogP contribution in [-0.2, 0) is 6.54 Å². The summed E-state index contributed by atoms with van der Waals surface area (Å²) in [5.41, 5.74) is 3.56. The van der Waals surface area contributed by atoms with Crippen LogP contribution in [0.25, 0.3) is 0 Å². The number of carbonyl (C=O) groups is 1. The molecule has 29 heavy (non-hydrogen) atoms. The van der Waals surface area contributed by atoms with Crippen molar-refractivity contribution in [3.05, 3.63) is 47.2 Å². The molecule has 0 spiro atoms. The molecule has 7 nitrogen and oxygen atoms in total. The van der Waals surface area contributed by atoms with E-state index in [-0.39, 0.29) is 11.9 Å². The summed E-state index contributed by atoms with van der Waals surface area (Å²) in [6, 6.07) is 7.45. The summed E-state index contributed by atoms with van der Waals surface area (Å²) in [6.45, 7) is 3.99. The van der Waals surface area contributed by atoms with E-state index >= 15 is 0 Å². The maximum absolute atomic E-state index is 12.7. The highest BCUT2D eigenvalue weighted by molar-refractivity contribution is 5.95. The van der Waals surface area contributed by atoms with E-state index in [2.05, 4.69) is 20.9 Å². The highest BCUT2D eigenvalue weighted by Gasteiger charge is 2.25. The Balaban J connectivity index is 1.42. The normalized spacial score (nSPS) is 20.8. The van der Waals surface area contributed by atoms with Crippen molar-refractivity contribution in [3.8, 4) is 5.75 Å². The predicted octanol–water partition coefficient (Wildman–Crippen LogP) is 2.84. The van der Waals surface area contributed by atoms with Crippen molar-refractivity contribution in [1.29, 1.82) is 0 Å². The standard InChI is InChI=1S/C22H28N4O3/c1-14-6-7-16(22(28)26-17-4-2-3-5-19(17)27)11-18(14)24-12-15-10-20-21(25-13-15)23-8-9-29-20/h6-7,10-11,13,17,19,24,27H,2-5,8-9,12H2,1H3,(H,23,25)(H,26,28)/t17-,19-/m0/s1. The minimum atomic E-state index is -0.455. The molecule has 1 aliphatic carbocycles. The first-order chi connectivity index (χ1) is 14.1. The van der Waals surface area contributed by atoms with Crippen LogP contribution in [0, 0.1) is 6.92 Å². The van der Waals surface area contributed by atoms with E-state index in [1.165, 1.54) is 0 Å². The molecule has 0 unspecified atom stereocenters. The number of aryl methyl sites for hydroxylation is 1. The third-order valence-electron chi connectivity index (χ3n) is 5.59. The van der Waals surface area contributed by atoms with Crippen molar-refractivity contribution in [3.63, 3.8) is 0 Å². The molecule has 1 aromatic carbocycles. The average Bonchev–Trinajstić information content (AvgIpc) is 2.74. The van der Waals surface area contributed by atoms with Gasteiger partial charge in [0, 0.05) is 24.0 Å². The van der Waals surface area contributed by atoms with E-state index in [9.17, 15) is 9.90 Å². The summed E-state index contributed by atoms with van der Waals surface area (Å²) >= 11 is 0. The summed E-state index contributed by atoms with van der Waals surface area (Å²) < 4.78 is 5.65. The fourth-order valence-electron chi connectivity index (χ4n) is 3.84. The van der Waals surface area contributed by atoms with Gasteiger partial charge in [0.15, 0.2) is 11.6 Å². The van der Waals surface area contributed by atoms with Gasteiger partial charge in [-0.1, -0.05) is 18.9 Å². The largest absolute Gasteiger partial charge is 0.488 e. The summed E-state index contributed by atoms with van der Waals surface area (Å²) in [5, 5.41) is 19.7. The van der Waals surface area contributed by atoms with Gasteiger partial charge in [-0.25, -0.2) is 4.98 Å². The predicted molar refractivity (Wildman–Crippen MR) is 112 cm³/mol. The Labute approximate surface area is 170 Å². The Hall–Kier alpha value is -2.80. The Morgan fingerprint density at radius 3 is 3.03 bits per heavy atom. The topological polar surface area (TPSA) is 95.5 Å². The van der Waals surface area contributed by atoms with Gasteiger partial charge in [-0.05, 0) is 49.1 Å². The van der Waals surface area contributed by atoms with Gasteiger partial charge in [0.2, 0.25) is 0 Å². The smallest absolute Gasteiger partial charge is 0.251 e. The molecule has 0 saturated heterocycles. The van der Waals surface area contributed by atoms with Crippen LogP contribution in [-0.4, -0.2) is 41.3 Å². The van der Waals surface area contributed by atoms with E-state index in [1.807, 2.05) is 37.4 Å². The summed E-state index contributed by atoms with van der Waals surface area (Å²) in [4.78, 5) is 17.1. The first-order valence-corrected chi connectivity index (χ1v) is 10.3. The lowest BCUT2D eigenvalue weighted by Crippen LogP contribution is -2.45. The van der Waals surface area contributed by atoms with E-state index in [0.29, 0.717) is 18.7 Å². The Bertz CT molecular complexity index is 886. The molecule has 2 aromatic rings. The van der Waals surface area contributed by atoms with Gasteiger partial charge < -0.3 is 25.8 Å². The number of aromatic nitrogens is 1. The Morgan fingerprint density at radius 1 is 1.31 bits per heavy atom. The minimum Gasteiger partial charge on any atom is -0.488 e. The number of nitrogens with one attached hydrogen (secondary N) is 3. The SMILES string of the molecule is Cc1ccc(C(=O)N[C@H]2CCCC[C@@H]2O)cc1NCc1cnc2c(c1)OCCN2.